The standard InChI is InChI=1S/C22H19BrN2O2S/c1-13-6-9-21(28-13)18-12-19-17-11-15(23)7-8-20(17)27-22(25(19)24-18)14-4-3-5-16(10-14)26-2/h3-11,19,22H,12H2,1-2H3/t19-,22+/m1/s1. The quantitative estimate of drug-likeness (QED) is 0.481. The van der Waals surface area contributed by atoms with Crippen LogP contribution < -0.4 is 9.47 Å². The van der Waals surface area contributed by atoms with Crippen molar-refractivity contribution in [3.05, 3.63) is 80.0 Å². The van der Waals surface area contributed by atoms with E-state index in [2.05, 4.69) is 52.1 Å². The minimum atomic E-state index is -0.285. The van der Waals surface area contributed by atoms with Crippen LogP contribution in [0, 0.1) is 6.92 Å². The number of hydrogen-bond donors (Lipinski definition) is 0. The van der Waals surface area contributed by atoms with E-state index >= 15 is 0 Å². The van der Waals surface area contributed by atoms with Gasteiger partial charge >= 0.3 is 0 Å². The van der Waals surface area contributed by atoms with Crippen molar-refractivity contribution >= 4 is 33.0 Å². The minimum absolute atomic E-state index is 0.148. The summed E-state index contributed by atoms with van der Waals surface area (Å²) in [6, 6.07) is 18.7. The van der Waals surface area contributed by atoms with E-state index < -0.39 is 0 Å². The fraction of sp³-hybridized carbons (Fsp3) is 0.227. The van der Waals surface area contributed by atoms with Crippen LogP contribution in [0.1, 0.15) is 39.6 Å². The third-order valence-electron chi connectivity index (χ3n) is 5.16. The maximum Gasteiger partial charge on any atom is 0.214 e. The van der Waals surface area contributed by atoms with Gasteiger partial charge in [-0.1, -0.05) is 28.1 Å². The number of ether oxygens (including phenoxy) is 2. The number of nitrogens with zero attached hydrogens (tertiary/aromatic N) is 2. The van der Waals surface area contributed by atoms with Gasteiger partial charge in [0.1, 0.15) is 11.5 Å². The van der Waals surface area contributed by atoms with Gasteiger partial charge in [0, 0.05) is 26.9 Å². The smallest absolute Gasteiger partial charge is 0.214 e. The number of halogens is 1. The van der Waals surface area contributed by atoms with E-state index in [1.807, 2.05) is 30.3 Å². The zero-order valence-electron chi connectivity index (χ0n) is 15.6. The zero-order valence-corrected chi connectivity index (χ0v) is 18.0. The summed E-state index contributed by atoms with van der Waals surface area (Å²) in [7, 11) is 1.68. The SMILES string of the molecule is COc1cccc([C@@H]2Oc3ccc(Br)cc3[C@H]3CC(c4ccc(C)s4)=NN32)c1. The number of hydrazone groups is 1. The van der Waals surface area contributed by atoms with Crippen LogP contribution in [0.5, 0.6) is 11.5 Å². The second kappa shape index (κ2) is 6.94. The normalized spacial score (nSPS) is 20.2. The number of rotatable bonds is 3. The van der Waals surface area contributed by atoms with E-state index in [9.17, 15) is 0 Å². The topological polar surface area (TPSA) is 34.1 Å². The minimum Gasteiger partial charge on any atom is -0.497 e. The van der Waals surface area contributed by atoms with Crippen LogP contribution in [-0.2, 0) is 0 Å². The second-order valence-electron chi connectivity index (χ2n) is 6.99. The van der Waals surface area contributed by atoms with Gasteiger partial charge in [0.25, 0.3) is 0 Å². The van der Waals surface area contributed by atoms with Gasteiger partial charge in [-0.25, -0.2) is 5.01 Å². The first-order chi connectivity index (χ1) is 13.6. The Kier molecular flexibility index (Phi) is 4.40. The first kappa shape index (κ1) is 17.8. The van der Waals surface area contributed by atoms with E-state index in [1.54, 1.807) is 18.4 Å². The molecule has 2 aromatic carbocycles. The summed E-state index contributed by atoms with van der Waals surface area (Å²) < 4.78 is 12.9. The molecule has 2 atom stereocenters. The number of fused-ring (bicyclic) bond motifs is 3. The molecule has 0 amide bonds. The lowest BCUT2D eigenvalue weighted by atomic mass is 9.97. The van der Waals surface area contributed by atoms with Crippen LogP contribution in [0.15, 0.2) is 64.2 Å². The van der Waals surface area contributed by atoms with Gasteiger partial charge in [0.15, 0.2) is 0 Å². The summed E-state index contributed by atoms with van der Waals surface area (Å²) >= 11 is 5.39. The summed E-state index contributed by atoms with van der Waals surface area (Å²) in [6.07, 6.45) is 0.583. The number of aryl methyl sites for hydroxylation is 1. The second-order valence-corrected chi connectivity index (χ2v) is 9.19. The molecule has 0 spiro atoms. The van der Waals surface area contributed by atoms with Gasteiger partial charge in [-0.2, -0.15) is 5.10 Å². The lowest BCUT2D eigenvalue weighted by Crippen LogP contribution is -2.33. The van der Waals surface area contributed by atoms with E-state index in [1.165, 1.54) is 15.3 Å². The number of methoxy groups -OCH3 is 1. The highest BCUT2D eigenvalue weighted by atomic mass is 79.9. The van der Waals surface area contributed by atoms with Crippen molar-refractivity contribution in [2.45, 2.75) is 25.6 Å². The van der Waals surface area contributed by atoms with Crippen molar-refractivity contribution in [3.8, 4) is 11.5 Å². The highest BCUT2D eigenvalue weighted by molar-refractivity contribution is 9.10. The van der Waals surface area contributed by atoms with E-state index in [0.717, 1.165) is 33.7 Å². The van der Waals surface area contributed by atoms with Gasteiger partial charge in [-0.15, -0.1) is 11.3 Å². The molecule has 0 fully saturated rings. The molecule has 0 aliphatic carbocycles. The highest BCUT2D eigenvalue weighted by Crippen LogP contribution is 2.48. The van der Waals surface area contributed by atoms with Crippen LogP contribution in [-0.4, -0.2) is 17.8 Å². The van der Waals surface area contributed by atoms with Crippen molar-refractivity contribution in [1.82, 2.24) is 5.01 Å². The number of thiophene rings is 1. The lowest BCUT2D eigenvalue weighted by Gasteiger charge is -2.38. The summed E-state index contributed by atoms with van der Waals surface area (Å²) in [4.78, 5) is 2.53. The maximum absolute atomic E-state index is 6.42. The van der Waals surface area contributed by atoms with Crippen molar-refractivity contribution in [1.29, 1.82) is 0 Å². The van der Waals surface area contributed by atoms with Crippen molar-refractivity contribution in [3.63, 3.8) is 0 Å². The predicted octanol–water partition coefficient (Wildman–Crippen LogP) is 6.07. The summed E-state index contributed by atoms with van der Waals surface area (Å²) in [5, 5.41) is 7.12. The van der Waals surface area contributed by atoms with Gasteiger partial charge < -0.3 is 9.47 Å². The Morgan fingerprint density at radius 2 is 2.07 bits per heavy atom. The number of hydrogen-bond acceptors (Lipinski definition) is 5. The van der Waals surface area contributed by atoms with Gasteiger partial charge in [0.05, 0.1) is 23.7 Å². The monoisotopic (exact) mass is 454 g/mol. The van der Waals surface area contributed by atoms with E-state index in [0.29, 0.717) is 0 Å². The molecule has 3 heterocycles. The van der Waals surface area contributed by atoms with E-state index in [4.69, 9.17) is 14.6 Å². The van der Waals surface area contributed by atoms with Crippen molar-refractivity contribution in [2.24, 2.45) is 5.10 Å². The molecule has 4 nitrogen and oxygen atoms in total. The number of benzene rings is 2. The summed E-state index contributed by atoms with van der Waals surface area (Å²) in [6.45, 7) is 2.13. The maximum atomic E-state index is 6.42. The fourth-order valence-corrected chi connectivity index (χ4v) is 5.05. The van der Waals surface area contributed by atoms with Gasteiger partial charge in [-0.3, -0.25) is 0 Å². The Hall–Kier alpha value is -2.31. The molecule has 0 unspecified atom stereocenters. The lowest BCUT2D eigenvalue weighted by molar-refractivity contribution is -0.0191. The molecule has 5 rings (SSSR count). The summed E-state index contributed by atoms with van der Waals surface area (Å²) in [5.74, 6) is 1.73. The molecule has 0 saturated heterocycles. The molecular weight excluding hydrogens is 436 g/mol. The molecule has 0 saturated carbocycles. The van der Waals surface area contributed by atoms with Crippen LogP contribution >= 0.6 is 27.3 Å². The van der Waals surface area contributed by atoms with Crippen LogP contribution in [0.3, 0.4) is 0 Å². The average molecular weight is 455 g/mol. The van der Waals surface area contributed by atoms with Crippen LogP contribution in [0.25, 0.3) is 0 Å². The molecular formula is C22H19BrN2O2S. The third-order valence-corrected chi connectivity index (χ3v) is 6.70. The Labute approximate surface area is 176 Å². The molecule has 0 radical (unpaired) electrons. The summed E-state index contributed by atoms with van der Waals surface area (Å²) in [5.41, 5.74) is 3.32. The molecule has 2 aliphatic heterocycles. The van der Waals surface area contributed by atoms with Crippen LogP contribution in [0.4, 0.5) is 0 Å². The highest BCUT2D eigenvalue weighted by Gasteiger charge is 2.41. The third kappa shape index (κ3) is 3.01. The van der Waals surface area contributed by atoms with Crippen molar-refractivity contribution < 1.29 is 9.47 Å². The fourth-order valence-electron chi connectivity index (χ4n) is 3.81. The Balaban J connectivity index is 1.61. The average Bonchev–Trinajstić information content (AvgIpc) is 3.34. The molecule has 0 N–H and O–H groups in total. The predicted molar refractivity (Wildman–Crippen MR) is 115 cm³/mol. The van der Waals surface area contributed by atoms with Gasteiger partial charge in [-0.05, 0) is 49.4 Å². The van der Waals surface area contributed by atoms with Crippen molar-refractivity contribution in [2.75, 3.05) is 7.11 Å². The first-order valence-corrected chi connectivity index (χ1v) is 10.8. The molecule has 2 aliphatic rings. The van der Waals surface area contributed by atoms with E-state index in [-0.39, 0.29) is 12.3 Å². The molecule has 3 aromatic rings. The van der Waals surface area contributed by atoms with Crippen LogP contribution in [0.2, 0.25) is 0 Å². The Bertz CT molecular complexity index is 1080. The molecule has 6 heteroatoms. The molecule has 1 aromatic heterocycles. The first-order valence-electron chi connectivity index (χ1n) is 9.15. The largest absolute Gasteiger partial charge is 0.497 e. The molecule has 0 bridgehead atoms. The van der Waals surface area contributed by atoms with Gasteiger partial charge in [0.2, 0.25) is 6.23 Å². The Morgan fingerprint density at radius 1 is 1.18 bits per heavy atom. The zero-order chi connectivity index (χ0) is 19.3. The molecule has 28 heavy (non-hydrogen) atoms. The Morgan fingerprint density at radius 3 is 2.86 bits per heavy atom. The molecule has 142 valence electrons.